The molecule has 0 unspecified atom stereocenters. The van der Waals surface area contributed by atoms with Crippen LogP contribution in [-0.2, 0) is 21.9 Å². The van der Waals surface area contributed by atoms with Crippen LogP contribution in [0.25, 0.3) is 0 Å². The number of hydrogen-bond acceptors (Lipinski definition) is 4. The fourth-order valence-electron chi connectivity index (χ4n) is 2.09. The van der Waals surface area contributed by atoms with Gasteiger partial charge in [-0.3, -0.25) is 0 Å². The number of benzene rings is 2. The van der Waals surface area contributed by atoms with Crippen molar-refractivity contribution in [3.63, 3.8) is 0 Å². The highest BCUT2D eigenvalue weighted by Crippen LogP contribution is 2.35. The quantitative estimate of drug-likeness (QED) is 0.413. The minimum Gasteiger partial charge on any atom is -0.475 e. The second kappa shape index (κ2) is 7.53. The van der Waals surface area contributed by atoms with E-state index in [1.807, 2.05) is 0 Å². The first kappa shape index (κ1) is 21.9. The molecule has 6 nitrogen and oxygen atoms in total. The predicted octanol–water partition coefficient (Wildman–Crippen LogP) is 4.05. The van der Waals surface area contributed by atoms with Gasteiger partial charge in [-0.05, 0) is 36.4 Å². The molecular weight excluding hydrogens is 414 g/mol. The van der Waals surface area contributed by atoms with Crippen LogP contribution in [0.3, 0.4) is 0 Å². The minimum absolute atomic E-state index is 0.316. The molecular formula is C17H10F6O6. The number of rotatable bonds is 6. The van der Waals surface area contributed by atoms with Crippen LogP contribution < -0.4 is 9.47 Å². The summed E-state index contributed by atoms with van der Waals surface area (Å²) in [5, 5.41) is 18.6. The number of hydrogen-bond donors (Lipinski definition) is 2. The number of aliphatic carboxylic acids is 2. The first-order valence-electron chi connectivity index (χ1n) is 7.45. The summed E-state index contributed by atoms with van der Waals surface area (Å²) in [7, 11) is 0. The second-order valence-electron chi connectivity index (χ2n) is 5.48. The Hall–Kier alpha value is -3.44. The van der Waals surface area contributed by atoms with Crippen LogP contribution in [-0.4, -0.2) is 27.9 Å². The molecule has 0 bridgehead atoms. The molecule has 0 atom stereocenters. The van der Waals surface area contributed by atoms with Crippen molar-refractivity contribution in [1.82, 2.24) is 0 Å². The van der Waals surface area contributed by atoms with E-state index in [-0.39, 0.29) is 0 Å². The lowest BCUT2D eigenvalue weighted by molar-refractivity contribution is -0.201. The Morgan fingerprint density at radius 1 is 0.690 bits per heavy atom. The van der Waals surface area contributed by atoms with Gasteiger partial charge in [-0.25, -0.2) is 9.59 Å². The summed E-state index contributed by atoms with van der Waals surface area (Å²) in [6.07, 6.45) is -9.70. The van der Waals surface area contributed by atoms with Crippen molar-refractivity contribution in [2.75, 3.05) is 0 Å². The van der Waals surface area contributed by atoms with Gasteiger partial charge in [-0.15, -0.1) is 0 Å². The summed E-state index contributed by atoms with van der Waals surface area (Å²) in [5.74, 6) is -10.00. The van der Waals surface area contributed by atoms with Gasteiger partial charge in [-0.2, -0.15) is 26.3 Å². The molecule has 0 aliphatic carbocycles. The SMILES string of the molecule is O=C(O)C(Oc1cccc(C(F)(F)F)c1)(Oc1cccc(C(F)(F)F)c1)C(=O)O. The molecule has 0 fully saturated rings. The van der Waals surface area contributed by atoms with Crippen LogP contribution in [0.5, 0.6) is 11.5 Å². The van der Waals surface area contributed by atoms with E-state index in [4.69, 9.17) is 0 Å². The molecule has 2 N–H and O–H groups in total. The predicted molar refractivity (Wildman–Crippen MR) is 82.1 cm³/mol. The minimum atomic E-state index is -4.85. The molecule has 2 aromatic rings. The molecule has 2 aromatic carbocycles. The summed E-state index contributed by atoms with van der Waals surface area (Å²) in [6.45, 7) is 0. The van der Waals surface area contributed by atoms with Crippen molar-refractivity contribution in [2.45, 2.75) is 18.1 Å². The maximum absolute atomic E-state index is 12.8. The zero-order valence-corrected chi connectivity index (χ0v) is 13.9. The van der Waals surface area contributed by atoms with Gasteiger partial charge in [0, 0.05) is 0 Å². The summed E-state index contributed by atoms with van der Waals surface area (Å²) < 4.78 is 86.1. The highest BCUT2D eigenvalue weighted by atomic mass is 19.4. The van der Waals surface area contributed by atoms with Crippen LogP contribution in [0.2, 0.25) is 0 Å². The van der Waals surface area contributed by atoms with Crippen molar-refractivity contribution >= 4 is 11.9 Å². The van der Waals surface area contributed by atoms with E-state index >= 15 is 0 Å². The third-order valence-corrected chi connectivity index (χ3v) is 3.41. The molecule has 0 saturated carbocycles. The Labute approximate surface area is 157 Å². The third-order valence-electron chi connectivity index (χ3n) is 3.41. The van der Waals surface area contributed by atoms with E-state index in [0.29, 0.717) is 24.3 Å². The summed E-state index contributed by atoms with van der Waals surface area (Å²) in [6, 6.07) is 5.14. The van der Waals surface area contributed by atoms with Gasteiger partial charge in [-0.1, -0.05) is 12.1 Å². The Kier molecular flexibility index (Phi) is 5.67. The number of alkyl halides is 6. The maximum Gasteiger partial charge on any atom is 0.452 e. The lowest BCUT2D eigenvalue weighted by Crippen LogP contribution is -2.56. The molecule has 0 aromatic heterocycles. The Morgan fingerprint density at radius 3 is 1.31 bits per heavy atom. The molecule has 29 heavy (non-hydrogen) atoms. The van der Waals surface area contributed by atoms with Crippen molar-refractivity contribution in [3.8, 4) is 11.5 Å². The summed E-state index contributed by atoms with van der Waals surface area (Å²) in [4.78, 5) is 23.1. The van der Waals surface area contributed by atoms with Gasteiger partial charge in [0.15, 0.2) is 0 Å². The Bertz CT molecular complexity index is 846. The van der Waals surface area contributed by atoms with Crippen molar-refractivity contribution < 1.29 is 55.6 Å². The lowest BCUT2D eigenvalue weighted by Gasteiger charge is -2.27. The summed E-state index contributed by atoms with van der Waals surface area (Å²) in [5.41, 5.74) is -2.56. The number of carboxylic acids is 2. The summed E-state index contributed by atoms with van der Waals surface area (Å²) >= 11 is 0. The highest BCUT2D eigenvalue weighted by Gasteiger charge is 2.54. The van der Waals surface area contributed by atoms with Crippen molar-refractivity contribution in [1.29, 1.82) is 0 Å². The Balaban J connectivity index is 2.48. The molecule has 0 saturated heterocycles. The molecule has 12 heteroatoms. The average molecular weight is 424 g/mol. The molecule has 0 spiro atoms. The van der Waals surface area contributed by atoms with Crippen LogP contribution in [0.4, 0.5) is 26.3 Å². The van der Waals surface area contributed by atoms with Crippen LogP contribution in [0.15, 0.2) is 48.5 Å². The molecule has 156 valence electrons. The monoisotopic (exact) mass is 424 g/mol. The van der Waals surface area contributed by atoms with E-state index in [9.17, 15) is 46.1 Å². The highest BCUT2D eigenvalue weighted by molar-refractivity contribution is 6.00. The fraction of sp³-hybridized carbons (Fsp3) is 0.176. The molecule has 0 amide bonds. The average Bonchev–Trinajstić information content (AvgIpc) is 2.59. The fourth-order valence-corrected chi connectivity index (χ4v) is 2.09. The van der Waals surface area contributed by atoms with Gasteiger partial charge in [0.25, 0.3) is 0 Å². The van der Waals surface area contributed by atoms with E-state index in [1.165, 1.54) is 0 Å². The largest absolute Gasteiger partial charge is 0.475 e. The topological polar surface area (TPSA) is 93.1 Å². The number of carbonyl (C=O) groups is 2. The lowest BCUT2D eigenvalue weighted by atomic mass is 10.2. The Morgan fingerprint density at radius 2 is 1.03 bits per heavy atom. The number of carboxylic acid groups (broad SMARTS) is 2. The van der Waals surface area contributed by atoms with E-state index < -0.39 is 52.7 Å². The van der Waals surface area contributed by atoms with Crippen LogP contribution >= 0.6 is 0 Å². The number of ether oxygens (including phenoxy) is 2. The number of halogens is 6. The van der Waals surface area contributed by atoms with Crippen molar-refractivity contribution in [2.24, 2.45) is 0 Å². The second-order valence-corrected chi connectivity index (χ2v) is 5.48. The van der Waals surface area contributed by atoms with Gasteiger partial charge in [0.05, 0.1) is 11.1 Å². The molecule has 0 aliphatic rings. The van der Waals surface area contributed by atoms with Gasteiger partial charge >= 0.3 is 30.1 Å². The van der Waals surface area contributed by atoms with Gasteiger partial charge in [0.1, 0.15) is 11.5 Å². The van der Waals surface area contributed by atoms with E-state index in [1.54, 1.807) is 0 Å². The van der Waals surface area contributed by atoms with E-state index in [2.05, 4.69) is 9.47 Å². The van der Waals surface area contributed by atoms with Crippen molar-refractivity contribution in [3.05, 3.63) is 59.7 Å². The standard InChI is InChI=1S/C17H10F6O6/c18-16(19,20)9-3-1-5-11(7-9)28-15(13(24)25,14(26)27)29-12-6-2-4-10(8-12)17(21,22)23/h1-8H,(H,24,25)(H,26,27). The van der Waals surface area contributed by atoms with Gasteiger partial charge < -0.3 is 19.7 Å². The molecule has 0 aliphatic heterocycles. The molecule has 0 radical (unpaired) electrons. The molecule has 2 rings (SSSR count). The van der Waals surface area contributed by atoms with Gasteiger partial charge in [0.2, 0.25) is 0 Å². The van der Waals surface area contributed by atoms with E-state index in [0.717, 1.165) is 24.3 Å². The smallest absolute Gasteiger partial charge is 0.452 e. The normalized spacial score (nSPS) is 12.3. The molecule has 0 heterocycles. The zero-order chi connectivity index (χ0) is 22.0. The maximum atomic E-state index is 12.8. The third kappa shape index (κ3) is 4.89. The first-order chi connectivity index (χ1) is 13.3. The van der Waals surface area contributed by atoms with Crippen LogP contribution in [0.1, 0.15) is 11.1 Å². The zero-order valence-electron chi connectivity index (χ0n) is 13.9. The first-order valence-corrected chi connectivity index (χ1v) is 7.45. The van der Waals surface area contributed by atoms with Crippen LogP contribution in [0, 0.1) is 0 Å².